The largest absolute Gasteiger partial charge is 0.293 e. The highest BCUT2D eigenvalue weighted by Gasteiger charge is 2.11. The van der Waals surface area contributed by atoms with Crippen LogP contribution in [-0.4, -0.2) is 5.78 Å². The Balaban J connectivity index is 3.04. The molecule has 66 valence electrons. The predicted molar refractivity (Wildman–Crippen MR) is 53.1 cm³/mol. The molecular formula is C10H14OS. The summed E-state index contributed by atoms with van der Waals surface area (Å²) < 4.78 is 0. The van der Waals surface area contributed by atoms with Gasteiger partial charge in [0.1, 0.15) is 0 Å². The number of rotatable bonds is 3. The zero-order chi connectivity index (χ0) is 9.14. The van der Waals surface area contributed by atoms with E-state index in [1.807, 2.05) is 6.92 Å². The highest BCUT2D eigenvalue weighted by molar-refractivity contribution is 7.14. The first-order valence-corrected chi connectivity index (χ1v) is 5.13. The van der Waals surface area contributed by atoms with E-state index in [0.29, 0.717) is 6.42 Å². The molecule has 0 aliphatic heterocycles. The summed E-state index contributed by atoms with van der Waals surface area (Å²) in [4.78, 5) is 13.6. The summed E-state index contributed by atoms with van der Waals surface area (Å²) in [6, 6.07) is 2.12. The number of hydrogen-bond acceptors (Lipinski definition) is 2. The van der Waals surface area contributed by atoms with Crippen molar-refractivity contribution >= 4 is 17.1 Å². The molecule has 0 radical (unpaired) electrons. The minimum Gasteiger partial charge on any atom is -0.293 e. The van der Waals surface area contributed by atoms with E-state index >= 15 is 0 Å². The van der Waals surface area contributed by atoms with E-state index in [9.17, 15) is 4.79 Å². The SMILES string of the molecule is CCC(=O)c1sc(C)cc1CC. The van der Waals surface area contributed by atoms with Crippen molar-refractivity contribution in [3.8, 4) is 0 Å². The first kappa shape index (κ1) is 9.46. The van der Waals surface area contributed by atoms with E-state index in [1.165, 1.54) is 10.4 Å². The number of ketones is 1. The van der Waals surface area contributed by atoms with Gasteiger partial charge >= 0.3 is 0 Å². The van der Waals surface area contributed by atoms with Gasteiger partial charge in [-0.15, -0.1) is 11.3 Å². The third kappa shape index (κ3) is 1.75. The molecule has 0 aliphatic carbocycles. The predicted octanol–water partition coefficient (Wildman–Crippen LogP) is 3.21. The normalized spacial score (nSPS) is 10.2. The molecule has 1 aromatic rings. The van der Waals surface area contributed by atoms with Gasteiger partial charge in [0.15, 0.2) is 5.78 Å². The van der Waals surface area contributed by atoms with E-state index < -0.39 is 0 Å². The van der Waals surface area contributed by atoms with Crippen molar-refractivity contribution in [1.29, 1.82) is 0 Å². The molecule has 0 bridgehead atoms. The molecule has 0 unspecified atom stereocenters. The lowest BCUT2D eigenvalue weighted by atomic mass is 10.1. The summed E-state index contributed by atoms with van der Waals surface area (Å²) in [5, 5.41) is 0. The molecule has 2 heteroatoms. The first-order valence-electron chi connectivity index (χ1n) is 4.31. The second-order valence-corrected chi connectivity index (χ2v) is 4.10. The fourth-order valence-corrected chi connectivity index (χ4v) is 2.34. The summed E-state index contributed by atoms with van der Waals surface area (Å²) >= 11 is 1.62. The summed E-state index contributed by atoms with van der Waals surface area (Å²) in [6.07, 6.45) is 1.58. The third-order valence-corrected chi connectivity index (χ3v) is 3.02. The second-order valence-electron chi connectivity index (χ2n) is 2.84. The molecule has 1 rings (SSSR count). The standard InChI is InChI=1S/C10H14OS/c1-4-8-6-7(3)12-10(8)9(11)5-2/h6H,4-5H2,1-3H3. The van der Waals surface area contributed by atoms with Crippen LogP contribution in [0.2, 0.25) is 0 Å². The highest BCUT2D eigenvalue weighted by atomic mass is 32.1. The van der Waals surface area contributed by atoms with Gasteiger partial charge in [-0.3, -0.25) is 4.79 Å². The van der Waals surface area contributed by atoms with Gasteiger partial charge in [-0.2, -0.15) is 0 Å². The summed E-state index contributed by atoms with van der Waals surface area (Å²) in [7, 11) is 0. The number of carbonyl (C=O) groups excluding carboxylic acids is 1. The van der Waals surface area contributed by atoms with Gasteiger partial charge in [-0.05, 0) is 25.0 Å². The maximum Gasteiger partial charge on any atom is 0.172 e. The maximum atomic E-state index is 11.4. The molecule has 1 heterocycles. The Hall–Kier alpha value is -0.630. The Morgan fingerprint density at radius 1 is 1.50 bits per heavy atom. The number of carbonyl (C=O) groups is 1. The van der Waals surface area contributed by atoms with Crippen LogP contribution in [0.3, 0.4) is 0 Å². The van der Waals surface area contributed by atoms with E-state index in [-0.39, 0.29) is 5.78 Å². The van der Waals surface area contributed by atoms with E-state index in [1.54, 1.807) is 11.3 Å². The average Bonchev–Trinajstić information content (AvgIpc) is 2.45. The topological polar surface area (TPSA) is 17.1 Å². The zero-order valence-corrected chi connectivity index (χ0v) is 8.62. The Morgan fingerprint density at radius 3 is 2.67 bits per heavy atom. The molecule has 1 aromatic heterocycles. The lowest BCUT2D eigenvalue weighted by molar-refractivity contribution is 0.0991. The average molecular weight is 182 g/mol. The van der Waals surface area contributed by atoms with Crippen molar-refractivity contribution in [2.45, 2.75) is 33.6 Å². The van der Waals surface area contributed by atoms with Gasteiger partial charge in [0.2, 0.25) is 0 Å². The van der Waals surface area contributed by atoms with Crippen molar-refractivity contribution in [3.63, 3.8) is 0 Å². The van der Waals surface area contributed by atoms with Gasteiger partial charge in [0.25, 0.3) is 0 Å². The van der Waals surface area contributed by atoms with Crippen LogP contribution in [0, 0.1) is 6.92 Å². The van der Waals surface area contributed by atoms with Crippen LogP contribution in [0.15, 0.2) is 6.07 Å². The van der Waals surface area contributed by atoms with Crippen molar-refractivity contribution < 1.29 is 4.79 Å². The maximum absolute atomic E-state index is 11.4. The van der Waals surface area contributed by atoms with E-state index in [0.717, 1.165) is 11.3 Å². The van der Waals surface area contributed by atoms with E-state index in [4.69, 9.17) is 0 Å². The summed E-state index contributed by atoms with van der Waals surface area (Å²) in [5.74, 6) is 0.282. The van der Waals surface area contributed by atoms with Gasteiger partial charge in [-0.25, -0.2) is 0 Å². The van der Waals surface area contributed by atoms with Gasteiger partial charge < -0.3 is 0 Å². The Morgan fingerprint density at radius 2 is 2.17 bits per heavy atom. The number of aryl methyl sites for hydroxylation is 2. The van der Waals surface area contributed by atoms with Gasteiger partial charge in [0, 0.05) is 11.3 Å². The minimum atomic E-state index is 0.282. The van der Waals surface area contributed by atoms with E-state index in [2.05, 4.69) is 19.9 Å². The molecule has 12 heavy (non-hydrogen) atoms. The molecule has 0 atom stereocenters. The number of thiophene rings is 1. The molecule has 0 saturated carbocycles. The second kappa shape index (κ2) is 3.85. The van der Waals surface area contributed by atoms with Crippen molar-refractivity contribution in [3.05, 3.63) is 21.4 Å². The fraction of sp³-hybridized carbons (Fsp3) is 0.500. The van der Waals surface area contributed by atoms with Crippen LogP contribution in [-0.2, 0) is 6.42 Å². The highest BCUT2D eigenvalue weighted by Crippen LogP contribution is 2.23. The van der Waals surface area contributed by atoms with Gasteiger partial charge in [-0.1, -0.05) is 13.8 Å². The van der Waals surface area contributed by atoms with Crippen LogP contribution in [0.5, 0.6) is 0 Å². The number of hydrogen-bond donors (Lipinski definition) is 0. The quantitative estimate of drug-likeness (QED) is 0.656. The Bertz CT molecular complexity index is 286. The molecular weight excluding hydrogens is 168 g/mol. The fourth-order valence-electron chi connectivity index (χ4n) is 1.23. The summed E-state index contributed by atoms with van der Waals surface area (Å²) in [5.41, 5.74) is 1.21. The molecule has 0 amide bonds. The van der Waals surface area contributed by atoms with Crippen molar-refractivity contribution in [1.82, 2.24) is 0 Å². The van der Waals surface area contributed by atoms with Crippen LogP contribution in [0.1, 0.15) is 40.4 Å². The molecule has 0 saturated heterocycles. The molecule has 0 aromatic carbocycles. The monoisotopic (exact) mass is 182 g/mol. The Labute approximate surface area is 77.4 Å². The van der Waals surface area contributed by atoms with Crippen molar-refractivity contribution in [2.24, 2.45) is 0 Å². The molecule has 0 spiro atoms. The lowest BCUT2D eigenvalue weighted by Gasteiger charge is -1.95. The third-order valence-electron chi connectivity index (χ3n) is 1.89. The first-order chi connectivity index (χ1) is 5.69. The molecule has 1 nitrogen and oxygen atoms in total. The number of Topliss-reactive ketones (excluding diaryl/α,β-unsaturated/α-hetero) is 1. The lowest BCUT2D eigenvalue weighted by Crippen LogP contribution is -1.96. The molecule has 0 fully saturated rings. The van der Waals surface area contributed by atoms with Gasteiger partial charge in [0.05, 0.1) is 4.88 Å². The van der Waals surface area contributed by atoms with Crippen LogP contribution >= 0.6 is 11.3 Å². The zero-order valence-electron chi connectivity index (χ0n) is 7.81. The van der Waals surface area contributed by atoms with Crippen LogP contribution < -0.4 is 0 Å². The van der Waals surface area contributed by atoms with Crippen molar-refractivity contribution in [2.75, 3.05) is 0 Å². The molecule has 0 N–H and O–H groups in total. The van der Waals surface area contributed by atoms with Crippen LogP contribution in [0.4, 0.5) is 0 Å². The van der Waals surface area contributed by atoms with Crippen LogP contribution in [0.25, 0.3) is 0 Å². The Kier molecular flexibility index (Phi) is 3.04. The minimum absolute atomic E-state index is 0.282. The summed E-state index contributed by atoms with van der Waals surface area (Å²) in [6.45, 7) is 6.06. The molecule has 0 aliphatic rings. The smallest absolute Gasteiger partial charge is 0.172 e.